The molecule has 5 atom stereocenters. The van der Waals surface area contributed by atoms with E-state index in [0.29, 0.717) is 53.4 Å². The van der Waals surface area contributed by atoms with Gasteiger partial charge in [-0.1, -0.05) is 18.2 Å². The number of hydrogen-bond donors (Lipinski definition) is 4. The van der Waals surface area contributed by atoms with Crippen LogP contribution >= 0.6 is 0 Å². The summed E-state index contributed by atoms with van der Waals surface area (Å²) in [4.78, 5) is 29.1. The Labute approximate surface area is 244 Å². The number of para-hydroxylation sites is 1. The van der Waals surface area contributed by atoms with E-state index < -0.39 is 30.1 Å². The fourth-order valence-corrected chi connectivity index (χ4v) is 6.14. The number of amides is 2. The van der Waals surface area contributed by atoms with Gasteiger partial charge < -0.3 is 44.5 Å². The molecule has 0 bridgehead atoms. The first-order valence-corrected chi connectivity index (χ1v) is 14.2. The van der Waals surface area contributed by atoms with E-state index in [9.17, 15) is 24.9 Å². The third kappa shape index (κ3) is 5.69. The maximum Gasteiger partial charge on any atom is 0.247 e. The normalized spacial score (nSPS) is 24.2. The summed E-state index contributed by atoms with van der Waals surface area (Å²) in [7, 11) is 3.07. The van der Waals surface area contributed by atoms with E-state index in [0.717, 1.165) is 5.56 Å². The van der Waals surface area contributed by atoms with Gasteiger partial charge in [-0.15, -0.1) is 0 Å². The molecular formula is C31H38N2O9. The summed E-state index contributed by atoms with van der Waals surface area (Å²) < 4.78 is 22.9. The van der Waals surface area contributed by atoms with Crippen molar-refractivity contribution in [2.45, 2.75) is 43.6 Å². The highest BCUT2D eigenvalue weighted by atomic mass is 16.5. The number of hydrogen-bond acceptors (Lipinski definition) is 9. The summed E-state index contributed by atoms with van der Waals surface area (Å²) in [5, 5.41) is 33.8. The first-order valence-electron chi connectivity index (χ1n) is 14.2. The molecule has 226 valence electrons. The number of carbonyl (C=O) groups is 2. The van der Waals surface area contributed by atoms with Crippen LogP contribution in [0, 0.1) is 5.92 Å². The summed E-state index contributed by atoms with van der Waals surface area (Å²) in [5.74, 6) is -0.236. The van der Waals surface area contributed by atoms with Gasteiger partial charge in [-0.25, -0.2) is 0 Å². The summed E-state index contributed by atoms with van der Waals surface area (Å²) >= 11 is 0. The second-order valence-electron chi connectivity index (χ2n) is 10.7. The summed E-state index contributed by atoms with van der Waals surface area (Å²) in [6, 6.07) is 10.1. The number of aliphatic hydroxyl groups is 3. The number of nitrogens with zero attached hydrogens (tertiary/aromatic N) is 1. The highest BCUT2D eigenvalue weighted by molar-refractivity contribution is 5.96. The van der Waals surface area contributed by atoms with Crippen LogP contribution in [0.3, 0.4) is 0 Å². The van der Waals surface area contributed by atoms with Crippen molar-refractivity contribution in [2.75, 3.05) is 47.1 Å². The Morgan fingerprint density at radius 2 is 1.90 bits per heavy atom. The number of carbonyl (C=O) groups excluding carboxylic acids is 2. The molecule has 2 aromatic rings. The lowest BCUT2D eigenvalue weighted by Crippen LogP contribution is -2.57. The van der Waals surface area contributed by atoms with Crippen molar-refractivity contribution in [3.63, 3.8) is 0 Å². The molecule has 0 aromatic heterocycles. The maximum absolute atomic E-state index is 14.0. The molecule has 1 aliphatic carbocycles. The van der Waals surface area contributed by atoms with Crippen LogP contribution in [-0.4, -0.2) is 97.4 Å². The Bertz CT molecular complexity index is 1320. The number of rotatable bonds is 11. The van der Waals surface area contributed by atoms with E-state index in [1.54, 1.807) is 30.2 Å². The topological polar surface area (TPSA) is 147 Å². The van der Waals surface area contributed by atoms with Crippen LogP contribution in [0.4, 0.5) is 0 Å². The van der Waals surface area contributed by atoms with Crippen molar-refractivity contribution in [2.24, 2.45) is 5.92 Å². The molecule has 5 rings (SSSR count). The third-order valence-electron chi connectivity index (χ3n) is 8.23. The number of ether oxygens (including phenoxy) is 4. The molecule has 0 radical (unpaired) electrons. The second kappa shape index (κ2) is 13.1. The van der Waals surface area contributed by atoms with Gasteiger partial charge in [-0.2, -0.15) is 0 Å². The first kappa shape index (κ1) is 29.8. The zero-order valence-corrected chi connectivity index (χ0v) is 23.8. The van der Waals surface area contributed by atoms with Gasteiger partial charge in [0.2, 0.25) is 11.8 Å². The van der Waals surface area contributed by atoms with E-state index in [1.807, 2.05) is 24.3 Å². The van der Waals surface area contributed by atoms with Gasteiger partial charge >= 0.3 is 0 Å². The van der Waals surface area contributed by atoms with Crippen molar-refractivity contribution in [1.29, 1.82) is 0 Å². The molecule has 2 heterocycles. The van der Waals surface area contributed by atoms with E-state index in [-0.39, 0.29) is 44.7 Å². The van der Waals surface area contributed by atoms with Gasteiger partial charge in [0.1, 0.15) is 18.0 Å². The predicted octanol–water partition coefficient (Wildman–Crippen LogP) is 0.927. The van der Waals surface area contributed by atoms with Crippen LogP contribution in [0.5, 0.6) is 17.2 Å². The molecule has 2 amide bonds. The Morgan fingerprint density at radius 1 is 1.12 bits per heavy atom. The molecule has 2 aromatic carbocycles. The minimum Gasteiger partial charge on any atom is -0.496 e. The van der Waals surface area contributed by atoms with Gasteiger partial charge in [0.05, 0.1) is 51.9 Å². The van der Waals surface area contributed by atoms with Crippen LogP contribution in [0.15, 0.2) is 48.0 Å². The average Bonchev–Trinajstić information content (AvgIpc) is 3.69. The SMILES string of the molecule is COc1ccccc1CCN(C(=O)C1CCOC1)C1C=C(C(=O)NCCO)C2c3cc(CO)cc(OC)c3OC2C1O. The van der Waals surface area contributed by atoms with Crippen molar-refractivity contribution >= 4 is 11.8 Å². The highest BCUT2D eigenvalue weighted by Gasteiger charge is 2.52. The second-order valence-corrected chi connectivity index (χ2v) is 10.7. The molecule has 4 N–H and O–H groups in total. The molecule has 1 saturated heterocycles. The van der Waals surface area contributed by atoms with Gasteiger partial charge in [0, 0.05) is 30.8 Å². The third-order valence-corrected chi connectivity index (χ3v) is 8.23. The van der Waals surface area contributed by atoms with Gasteiger partial charge in [0.25, 0.3) is 0 Å². The van der Waals surface area contributed by atoms with Crippen molar-refractivity contribution in [1.82, 2.24) is 10.2 Å². The number of methoxy groups -OCH3 is 2. The summed E-state index contributed by atoms with van der Waals surface area (Å²) in [6.45, 7) is 0.545. The van der Waals surface area contributed by atoms with Gasteiger partial charge in [-0.05, 0) is 48.2 Å². The van der Waals surface area contributed by atoms with Crippen LogP contribution in [0.25, 0.3) is 0 Å². The molecule has 0 spiro atoms. The van der Waals surface area contributed by atoms with E-state index in [2.05, 4.69) is 5.32 Å². The minimum absolute atomic E-state index is 0.0321. The van der Waals surface area contributed by atoms with E-state index >= 15 is 0 Å². The van der Waals surface area contributed by atoms with E-state index in [4.69, 9.17) is 18.9 Å². The quantitative estimate of drug-likeness (QED) is 0.304. The Balaban J connectivity index is 1.56. The molecular weight excluding hydrogens is 544 g/mol. The lowest BCUT2D eigenvalue weighted by atomic mass is 9.77. The Kier molecular flexibility index (Phi) is 9.32. The molecule has 11 heteroatoms. The molecule has 11 nitrogen and oxygen atoms in total. The molecule has 5 unspecified atom stereocenters. The zero-order valence-electron chi connectivity index (χ0n) is 23.8. The molecule has 42 heavy (non-hydrogen) atoms. The van der Waals surface area contributed by atoms with Crippen molar-refractivity contribution < 1.29 is 43.9 Å². The largest absolute Gasteiger partial charge is 0.496 e. The van der Waals surface area contributed by atoms with Crippen molar-refractivity contribution in [3.05, 3.63) is 64.7 Å². The first-order chi connectivity index (χ1) is 20.4. The number of aliphatic hydroxyl groups excluding tert-OH is 3. The fraction of sp³-hybridized carbons (Fsp3) is 0.484. The number of benzene rings is 2. The molecule has 0 saturated carbocycles. The highest BCUT2D eigenvalue weighted by Crippen LogP contribution is 2.51. The van der Waals surface area contributed by atoms with Gasteiger partial charge in [-0.3, -0.25) is 9.59 Å². The number of nitrogens with one attached hydrogen (secondary N) is 1. The predicted molar refractivity (Wildman–Crippen MR) is 151 cm³/mol. The lowest BCUT2D eigenvalue weighted by molar-refractivity contribution is -0.141. The Hall–Kier alpha value is -3.64. The summed E-state index contributed by atoms with van der Waals surface area (Å²) in [6.07, 6.45) is 0.563. The zero-order chi connectivity index (χ0) is 29.8. The molecule has 1 fully saturated rings. The van der Waals surface area contributed by atoms with Crippen molar-refractivity contribution in [3.8, 4) is 17.2 Å². The van der Waals surface area contributed by atoms with E-state index in [1.165, 1.54) is 7.11 Å². The Morgan fingerprint density at radius 3 is 2.60 bits per heavy atom. The monoisotopic (exact) mass is 582 g/mol. The van der Waals surface area contributed by atoms with Crippen LogP contribution in [0.2, 0.25) is 0 Å². The lowest BCUT2D eigenvalue weighted by Gasteiger charge is -2.41. The standard InChI is InChI=1S/C31H38N2O9/c1-39-24-6-4-3-5-19(24)7-10-33(31(38)20-8-12-41-17-20)23-15-22(30(37)32-9-11-34)26-21-13-18(16-35)14-25(40-2)28(21)42-29(26)27(23)36/h3-6,13-15,20,23,26-27,29,34-36H,7-12,16-17H2,1-2H3,(H,32,37). The fourth-order valence-electron chi connectivity index (χ4n) is 6.14. The average molecular weight is 583 g/mol. The molecule has 3 aliphatic rings. The van der Waals surface area contributed by atoms with Crippen LogP contribution in [-0.2, 0) is 27.4 Å². The van der Waals surface area contributed by atoms with Gasteiger partial charge in [0.15, 0.2) is 11.5 Å². The minimum atomic E-state index is -1.19. The summed E-state index contributed by atoms with van der Waals surface area (Å²) in [5.41, 5.74) is 2.37. The van der Waals surface area contributed by atoms with Crippen LogP contribution in [0.1, 0.15) is 29.0 Å². The smallest absolute Gasteiger partial charge is 0.247 e. The molecule has 2 aliphatic heterocycles. The maximum atomic E-state index is 14.0. The number of fused-ring (bicyclic) bond motifs is 3. The van der Waals surface area contributed by atoms with Crippen LogP contribution < -0.4 is 19.5 Å².